The van der Waals surface area contributed by atoms with E-state index in [0.29, 0.717) is 41.5 Å². The van der Waals surface area contributed by atoms with Gasteiger partial charge in [-0.05, 0) is 77.9 Å². The number of primary amides is 1. The van der Waals surface area contributed by atoms with Crippen LogP contribution >= 0.6 is 23.2 Å². The van der Waals surface area contributed by atoms with Gasteiger partial charge in [-0.1, -0.05) is 108 Å². The molecule has 0 bridgehead atoms. The number of nitrogens with zero attached hydrogens (tertiary/aromatic N) is 1. The summed E-state index contributed by atoms with van der Waals surface area (Å²) in [6.45, 7) is 16.2. The van der Waals surface area contributed by atoms with Gasteiger partial charge in [-0.3, -0.25) is 9.59 Å². The van der Waals surface area contributed by atoms with E-state index in [2.05, 4.69) is 12.2 Å². The number of amides is 2. The average Bonchev–Trinajstić information content (AvgIpc) is 3.56. The zero-order valence-electron chi connectivity index (χ0n) is 28.7. The van der Waals surface area contributed by atoms with E-state index in [1.807, 2.05) is 101 Å². The number of phenolic OH excluding ortho intramolecular Hbond substituents is 1. The van der Waals surface area contributed by atoms with Crippen molar-refractivity contribution < 1.29 is 14.7 Å². The van der Waals surface area contributed by atoms with Gasteiger partial charge in [0.2, 0.25) is 5.91 Å². The molecule has 0 aromatic heterocycles. The maximum Gasteiger partial charge on any atom is 0.254 e. The molecule has 0 saturated carbocycles. The van der Waals surface area contributed by atoms with Crippen molar-refractivity contribution in [3.63, 3.8) is 0 Å². The van der Waals surface area contributed by atoms with E-state index >= 15 is 4.79 Å². The highest BCUT2D eigenvalue weighted by Gasteiger charge is 2.64. The van der Waals surface area contributed by atoms with Gasteiger partial charge < -0.3 is 21.1 Å². The van der Waals surface area contributed by atoms with Crippen LogP contribution in [0.5, 0.6) is 5.75 Å². The van der Waals surface area contributed by atoms with Gasteiger partial charge in [0.15, 0.2) is 0 Å². The van der Waals surface area contributed by atoms with Gasteiger partial charge in [-0.15, -0.1) is 0 Å². The number of rotatable bonds is 6. The highest BCUT2D eigenvalue weighted by molar-refractivity contribution is 6.42. The van der Waals surface area contributed by atoms with Gasteiger partial charge in [-0.25, -0.2) is 0 Å². The molecule has 2 heterocycles. The summed E-state index contributed by atoms with van der Waals surface area (Å²) in [5, 5.41) is 15.8. The fraction of sp³-hybridized carbons (Fsp3) is 0.487. The number of phenols is 1. The molecule has 2 fully saturated rings. The highest BCUT2D eigenvalue weighted by Crippen LogP contribution is 2.59. The quantitative estimate of drug-likeness (QED) is 0.246. The Morgan fingerprint density at radius 3 is 2.06 bits per heavy atom. The predicted octanol–water partition coefficient (Wildman–Crippen LogP) is 8.11. The summed E-state index contributed by atoms with van der Waals surface area (Å²) in [5.41, 5.74) is 7.41. The van der Waals surface area contributed by atoms with Gasteiger partial charge >= 0.3 is 0 Å². The average molecular weight is 679 g/mol. The second-order valence-corrected chi connectivity index (χ2v) is 16.3. The van der Waals surface area contributed by atoms with Gasteiger partial charge in [0.05, 0.1) is 21.0 Å². The number of piperidine rings is 1. The molecule has 252 valence electrons. The monoisotopic (exact) mass is 677 g/mol. The number of aromatic hydroxyl groups is 1. The number of likely N-dealkylation sites (tertiary alicyclic amines) is 1. The summed E-state index contributed by atoms with van der Waals surface area (Å²) >= 11 is 13.2. The Hall–Kier alpha value is -3.06. The third kappa shape index (κ3) is 5.95. The first kappa shape index (κ1) is 35.3. The van der Waals surface area contributed by atoms with Crippen molar-refractivity contribution in [1.82, 2.24) is 10.2 Å². The fourth-order valence-corrected chi connectivity index (χ4v) is 8.82. The lowest BCUT2D eigenvalue weighted by molar-refractivity contribution is -0.131. The largest absolute Gasteiger partial charge is 0.507 e. The van der Waals surface area contributed by atoms with Gasteiger partial charge in [0, 0.05) is 35.7 Å². The molecule has 3 aromatic carbocycles. The van der Waals surface area contributed by atoms with Crippen LogP contribution in [0.2, 0.25) is 10.0 Å². The molecule has 2 aliphatic heterocycles. The first-order chi connectivity index (χ1) is 22.0. The lowest BCUT2D eigenvalue weighted by atomic mass is 9.51. The predicted molar refractivity (Wildman–Crippen MR) is 192 cm³/mol. The second-order valence-electron chi connectivity index (χ2n) is 15.5. The lowest BCUT2D eigenvalue weighted by Gasteiger charge is -2.61. The number of hydrogen-bond donors (Lipinski definition) is 3. The minimum atomic E-state index is -1.13. The first-order valence-corrected chi connectivity index (χ1v) is 17.5. The minimum Gasteiger partial charge on any atom is -0.507 e. The van der Waals surface area contributed by atoms with Crippen LogP contribution in [0.3, 0.4) is 0 Å². The third-order valence-corrected chi connectivity index (χ3v) is 11.5. The lowest BCUT2D eigenvalue weighted by Crippen LogP contribution is -2.70. The SMILES string of the molecule is CCC1(C2CCNC2)C(c2ccc(Cl)c(Cl)c2)C(C(N)=O)(c2ccccc2)CCN1C(=O)c1cc(C(C)(C)C)c(O)c(C(C)(C)C)c1. The molecule has 6 nitrogen and oxygen atoms in total. The summed E-state index contributed by atoms with van der Waals surface area (Å²) in [6.07, 6.45) is 1.74. The Bertz CT molecular complexity index is 1620. The van der Waals surface area contributed by atoms with Crippen LogP contribution in [0.4, 0.5) is 0 Å². The summed E-state index contributed by atoms with van der Waals surface area (Å²) in [6, 6.07) is 19.1. The van der Waals surface area contributed by atoms with E-state index in [4.69, 9.17) is 28.9 Å². The summed E-state index contributed by atoms with van der Waals surface area (Å²) in [4.78, 5) is 31.5. The highest BCUT2D eigenvalue weighted by atomic mass is 35.5. The zero-order valence-corrected chi connectivity index (χ0v) is 30.2. The van der Waals surface area contributed by atoms with Crippen LogP contribution in [-0.4, -0.2) is 47.0 Å². The number of carbonyl (C=O) groups excluding carboxylic acids is 2. The third-order valence-electron chi connectivity index (χ3n) is 10.8. The molecule has 4 N–H and O–H groups in total. The topological polar surface area (TPSA) is 95.7 Å². The van der Waals surface area contributed by atoms with Crippen molar-refractivity contribution in [2.45, 2.75) is 95.4 Å². The molecule has 3 aromatic rings. The molecular formula is C39H49Cl2N3O3. The Kier molecular flexibility index (Phi) is 9.57. The second kappa shape index (κ2) is 12.8. The Balaban J connectivity index is 1.84. The van der Waals surface area contributed by atoms with E-state index in [1.54, 1.807) is 6.07 Å². The maximum absolute atomic E-state index is 15.3. The number of nitrogens with two attached hydrogens (primary N) is 1. The minimum absolute atomic E-state index is 0.0138. The van der Waals surface area contributed by atoms with Crippen LogP contribution in [0.25, 0.3) is 0 Å². The van der Waals surface area contributed by atoms with E-state index < -0.39 is 33.6 Å². The van der Waals surface area contributed by atoms with Crippen LogP contribution in [-0.2, 0) is 21.0 Å². The number of carbonyl (C=O) groups is 2. The number of hydrogen-bond acceptors (Lipinski definition) is 4. The van der Waals surface area contributed by atoms with Crippen LogP contribution in [0, 0.1) is 5.92 Å². The Morgan fingerprint density at radius 2 is 1.57 bits per heavy atom. The Morgan fingerprint density at radius 1 is 0.957 bits per heavy atom. The smallest absolute Gasteiger partial charge is 0.254 e. The molecule has 47 heavy (non-hydrogen) atoms. The van der Waals surface area contributed by atoms with E-state index in [1.165, 1.54) is 0 Å². The van der Waals surface area contributed by atoms with Crippen molar-refractivity contribution in [2.24, 2.45) is 11.7 Å². The first-order valence-electron chi connectivity index (χ1n) is 16.7. The van der Waals surface area contributed by atoms with Crippen LogP contribution in [0.1, 0.15) is 106 Å². The van der Waals surface area contributed by atoms with E-state index in [9.17, 15) is 9.90 Å². The number of nitrogens with one attached hydrogen (secondary N) is 1. The van der Waals surface area contributed by atoms with Crippen LogP contribution in [0.15, 0.2) is 60.7 Å². The van der Waals surface area contributed by atoms with E-state index in [0.717, 1.165) is 35.2 Å². The molecule has 0 spiro atoms. The molecule has 2 saturated heterocycles. The van der Waals surface area contributed by atoms with Gasteiger partial charge in [0.1, 0.15) is 5.75 Å². The molecule has 0 radical (unpaired) electrons. The normalized spacial score (nSPS) is 25.2. The fourth-order valence-electron chi connectivity index (χ4n) is 8.51. The molecule has 5 rings (SSSR count). The molecule has 2 aliphatic rings. The Labute approximate surface area is 290 Å². The standard InChI is InChI=1S/C39H49Cl2N3O3/c1-8-39(27-16-18-43-23-27)33(24-14-15-30(40)31(41)22-24)38(35(42)47,26-12-10-9-11-13-26)17-19-44(39)34(46)25-20-28(36(2,3)4)32(45)29(21-25)37(5,6)7/h9-15,20-22,27,33,43,45H,8,16-19,23H2,1-7H3,(H2,42,47). The van der Waals surface area contributed by atoms with Crippen LogP contribution < -0.4 is 11.1 Å². The molecular weight excluding hydrogens is 629 g/mol. The van der Waals surface area contributed by atoms with Crippen molar-refractivity contribution in [3.05, 3.63) is 98.5 Å². The van der Waals surface area contributed by atoms with Crippen molar-refractivity contribution in [2.75, 3.05) is 19.6 Å². The molecule has 2 amide bonds. The van der Waals surface area contributed by atoms with Gasteiger partial charge in [-0.2, -0.15) is 0 Å². The van der Waals surface area contributed by atoms with Crippen molar-refractivity contribution >= 4 is 35.0 Å². The number of benzene rings is 3. The van der Waals surface area contributed by atoms with E-state index in [-0.39, 0.29) is 17.6 Å². The maximum atomic E-state index is 15.3. The van der Waals surface area contributed by atoms with Gasteiger partial charge in [0.25, 0.3) is 5.91 Å². The zero-order chi connectivity index (χ0) is 34.5. The molecule has 4 unspecified atom stereocenters. The summed E-state index contributed by atoms with van der Waals surface area (Å²) in [7, 11) is 0. The van der Waals surface area contributed by atoms with Crippen molar-refractivity contribution in [3.8, 4) is 5.75 Å². The summed E-state index contributed by atoms with van der Waals surface area (Å²) in [5.74, 6) is -0.831. The summed E-state index contributed by atoms with van der Waals surface area (Å²) < 4.78 is 0. The molecule has 4 atom stereocenters. The molecule has 8 heteroatoms. The number of halogens is 2. The molecule has 0 aliphatic carbocycles. The van der Waals surface area contributed by atoms with Crippen molar-refractivity contribution in [1.29, 1.82) is 0 Å².